The molecule has 2 nitrogen and oxygen atoms in total. The van der Waals surface area contributed by atoms with Gasteiger partial charge in [0, 0.05) is 12.1 Å². The van der Waals surface area contributed by atoms with Gasteiger partial charge in [0.2, 0.25) is 0 Å². The smallest absolute Gasteiger partial charge is 0.133 e. The van der Waals surface area contributed by atoms with Crippen molar-refractivity contribution in [3.63, 3.8) is 0 Å². The lowest BCUT2D eigenvalue weighted by Gasteiger charge is -2.07. The third-order valence-electron chi connectivity index (χ3n) is 1.44. The van der Waals surface area contributed by atoms with Gasteiger partial charge in [0.15, 0.2) is 0 Å². The minimum absolute atomic E-state index is 0.538. The number of halogens is 2. The van der Waals surface area contributed by atoms with Crippen LogP contribution in [0.2, 0.25) is 5.02 Å². The SMILES string of the molecule is COCCOc1ccc(Cl)cc1Br. The number of ether oxygens (including phenoxy) is 2. The second kappa shape index (κ2) is 5.47. The van der Waals surface area contributed by atoms with Crippen LogP contribution in [0.5, 0.6) is 5.75 Å². The fourth-order valence-electron chi connectivity index (χ4n) is 0.827. The van der Waals surface area contributed by atoms with Gasteiger partial charge in [-0.15, -0.1) is 0 Å². The Labute approximate surface area is 90.9 Å². The lowest BCUT2D eigenvalue weighted by molar-refractivity contribution is 0.146. The molecule has 0 aromatic heterocycles. The Hall–Kier alpha value is -0.250. The molecule has 0 saturated heterocycles. The molecule has 0 radical (unpaired) electrons. The molecule has 0 N–H and O–H groups in total. The van der Waals surface area contributed by atoms with Crippen molar-refractivity contribution in [2.45, 2.75) is 0 Å². The van der Waals surface area contributed by atoms with E-state index in [-0.39, 0.29) is 0 Å². The van der Waals surface area contributed by atoms with Gasteiger partial charge < -0.3 is 9.47 Å². The van der Waals surface area contributed by atoms with E-state index in [4.69, 9.17) is 21.1 Å². The molecule has 13 heavy (non-hydrogen) atoms. The first-order valence-electron chi connectivity index (χ1n) is 3.81. The van der Waals surface area contributed by atoms with Crippen LogP contribution in [0.25, 0.3) is 0 Å². The topological polar surface area (TPSA) is 18.5 Å². The summed E-state index contributed by atoms with van der Waals surface area (Å²) in [7, 11) is 1.64. The number of hydrogen-bond donors (Lipinski definition) is 0. The third kappa shape index (κ3) is 3.55. The van der Waals surface area contributed by atoms with Gasteiger partial charge in [0.05, 0.1) is 11.1 Å². The minimum Gasteiger partial charge on any atom is -0.490 e. The molecule has 1 rings (SSSR count). The zero-order chi connectivity index (χ0) is 9.68. The number of hydrogen-bond acceptors (Lipinski definition) is 2. The third-order valence-corrected chi connectivity index (χ3v) is 2.29. The summed E-state index contributed by atoms with van der Waals surface area (Å²) in [5, 5.41) is 0.686. The molecule has 0 aliphatic rings. The molecule has 0 heterocycles. The summed E-state index contributed by atoms with van der Waals surface area (Å²) in [5.41, 5.74) is 0. The largest absolute Gasteiger partial charge is 0.490 e. The molecule has 0 amide bonds. The predicted octanol–water partition coefficient (Wildman–Crippen LogP) is 3.13. The highest BCUT2D eigenvalue weighted by atomic mass is 79.9. The molecule has 0 bridgehead atoms. The molecule has 1 aromatic rings. The molecular formula is C9H10BrClO2. The van der Waals surface area contributed by atoms with Crippen LogP contribution >= 0.6 is 27.5 Å². The summed E-state index contributed by atoms with van der Waals surface area (Å²) < 4.78 is 11.1. The minimum atomic E-state index is 0.538. The summed E-state index contributed by atoms with van der Waals surface area (Å²) >= 11 is 9.12. The van der Waals surface area contributed by atoms with E-state index < -0.39 is 0 Å². The number of rotatable bonds is 4. The fraction of sp³-hybridized carbons (Fsp3) is 0.333. The summed E-state index contributed by atoms with van der Waals surface area (Å²) in [6, 6.07) is 5.40. The monoisotopic (exact) mass is 264 g/mol. The zero-order valence-corrected chi connectivity index (χ0v) is 9.56. The van der Waals surface area contributed by atoms with Crippen molar-refractivity contribution in [2.75, 3.05) is 20.3 Å². The number of methoxy groups -OCH3 is 1. The molecule has 0 spiro atoms. The second-order valence-electron chi connectivity index (χ2n) is 2.42. The summed E-state index contributed by atoms with van der Waals surface area (Å²) in [6.45, 7) is 1.12. The van der Waals surface area contributed by atoms with Crippen molar-refractivity contribution in [1.82, 2.24) is 0 Å². The lowest BCUT2D eigenvalue weighted by Crippen LogP contribution is -2.04. The highest BCUT2D eigenvalue weighted by molar-refractivity contribution is 9.10. The molecule has 4 heteroatoms. The Morgan fingerprint density at radius 1 is 1.38 bits per heavy atom. The quantitative estimate of drug-likeness (QED) is 0.779. The van der Waals surface area contributed by atoms with Crippen LogP contribution in [-0.4, -0.2) is 20.3 Å². The van der Waals surface area contributed by atoms with Gasteiger partial charge in [0.1, 0.15) is 12.4 Å². The normalized spacial score (nSPS) is 10.1. The van der Waals surface area contributed by atoms with E-state index >= 15 is 0 Å². The Bertz CT molecular complexity index is 278. The molecule has 0 fully saturated rings. The van der Waals surface area contributed by atoms with Crippen molar-refractivity contribution in [3.8, 4) is 5.75 Å². The van der Waals surface area contributed by atoms with E-state index in [1.807, 2.05) is 6.07 Å². The maximum atomic E-state index is 5.77. The van der Waals surface area contributed by atoms with Crippen LogP contribution in [0.1, 0.15) is 0 Å². The maximum Gasteiger partial charge on any atom is 0.133 e. The van der Waals surface area contributed by atoms with E-state index in [0.717, 1.165) is 10.2 Å². The highest BCUT2D eigenvalue weighted by Gasteiger charge is 2.00. The molecule has 72 valence electrons. The second-order valence-corrected chi connectivity index (χ2v) is 3.71. The Balaban J connectivity index is 2.56. The van der Waals surface area contributed by atoms with Gasteiger partial charge >= 0.3 is 0 Å². The van der Waals surface area contributed by atoms with Gasteiger partial charge in [0.25, 0.3) is 0 Å². The van der Waals surface area contributed by atoms with Crippen molar-refractivity contribution >= 4 is 27.5 Å². The first-order valence-corrected chi connectivity index (χ1v) is 4.98. The van der Waals surface area contributed by atoms with Crippen LogP contribution in [0.4, 0.5) is 0 Å². The van der Waals surface area contributed by atoms with E-state index in [2.05, 4.69) is 15.9 Å². The predicted molar refractivity (Wildman–Crippen MR) is 56.5 cm³/mol. The first-order chi connectivity index (χ1) is 6.24. The van der Waals surface area contributed by atoms with Gasteiger partial charge in [-0.25, -0.2) is 0 Å². The van der Waals surface area contributed by atoms with Crippen molar-refractivity contribution in [3.05, 3.63) is 27.7 Å². The maximum absolute atomic E-state index is 5.77. The summed E-state index contributed by atoms with van der Waals surface area (Å²) in [6.07, 6.45) is 0. The van der Waals surface area contributed by atoms with E-state index in [1.165, 1.54) is 0 Å². The average Bonchev–Trinajstić information content (AvgIpc) is 2.09. The summed E-state index contributed by atoms with van der Waals surface area (Å²) in [5.74, 6) is 0.779. The highest BCUT2D eigenvalue weighted by Crippen LogP contribution is 2.27. The van der Waals surface area contributed by atoms with Crippen molar-refractivity contribution in [1.29, 1.82) is 0 Å². The molecule has 0 saturated carbocycles. The summed E-state index contributed by atoms with van der Waals surface area (Å²) in [4.78, 5) is 0. The average molecular weight is 266 g/mol. The molecular weight excluding hydrogens is 255 g/mol. The molecule has 1 aromatic carbocycles. The number of benzene rings is 1. The van der Waals surface area contributed by atoms with Gasteiger partial charge in [-0.1, -0.05) is 11.6 Å². The van der Waals surface area contributed by atoms with Crippen LogP contribution in [-0.2, 0) is 4.74 Å². The van der Waals surface area contributed by atoms with Crippen LogP contribution < -0.4 is 4.74 Å². The Morgan fingerprint density at radius 3 is 2.77 bits per heavy atom. The Morgan fingerprint density at radius 2 is 2.15 bits per heavy atom. The fourth-order valence-corrected chi connectivity index (χ4v) is 1.62. The lowest BCUT2D eigenvalue weighted by atomic mass is 10.3. The van der Waals surface area contributed by atoms with Gasteiger partial charge in [-0.3, -0.25) is 0 Å². The van der Waals surface area contributed by atoms with E-state index in [0.29, 0.717) is 18.2 Å². The van der Waals surface area contributed by atoms with E-state index in [1.54, 1.807) is 19.2 Å². The van der Waals surface area contributed by atoms with Crippen molar-refractivity contribution in [2.24, 2.45) is 0 Å². The van der Waals surface area contributed by atoms with Gasteiger partial charge in [-0.05, 0) is 34.1 Å². The van der Waals surface area contributed by atoms with Gasteiger partial charge in [-0.2, -0.15) is 0 Å². The van der Waals surface area contributed by atoms with Crippen molar-refractivity contribution < 1.29 is 9.47 Å². The molecule has 0 atom stereocenters. The first kappa shape index (κ1) is 10.8. The molecule has 0 aliphatic heterocycles. The van der Waals surface area contributed by atoms with Crippen LogP contribution in [0.15, 0.2) is 22.7 Å². The standard InChI is InChI=1S/C9H10BrClO2/c1-12-4-5-13-9-3-2-7(11)6-8(9)10/h2-3,6H,4-5H2,1H3. The van der Waals surface area contributed by atoms with Crippen LogP contribution in [0, 0.1) is 0 Å². The zero-order valence-electron chi connectivity index (χ0n) is 7.22. The Kier molecular flexibility index (Phi) is 4.56. The molecule has 0 aliphatic carbocycles. The van der Waals surface area contributed by atoms with E-state index in [9.17, 15) is 0 Å². The van der Waals surface area contributed by atoms with Crippen LogP contribution in [0.3, 0.4) is 0 Å². The molecule has 0 unspecified atom stereocenters.